The highest BCUT2D eigenvalue weighted by Crippen LogP contribution is 2.30. The Morgan fingerprint density at radius 2 is 2.08 bits per heavy atom. The lowest BCUT2D eigenvalue weighted by atomic mass is 9.83. The smallest absolute Gasteiger partial charge is 0.277 e. The lowest BCUT2D eigenvalue weighted by Gasteiger charge is -2.32. The van der Waals surface area contributed by atoms with Crippen LogP contribution in [0, 0.1) is 17.1 Å². The quantitative estimate of drug-likeness (QED) is 0.803. The predicted molar refractivity (Wildman–Crippen MR) is 94.6 cm³/mol. The molecule has 0 spiro atoms. The van der Waals surface area contributed by atoms with Crippen molar-refractivity contribution in [3.8, 4) is 17.5 Å². The molecule has 1 amide bonds. The Balaban J connectivity index is 1.65. The molecule has 0 aliphatic heterocycles. The van der Waals surface area contributed by atoms with Crippen LogP contribution in [0.4, 0.5) is 4.39 Å². The minimum atomic E-state index is -0.780. The number of amides is 1. The van der Waals surface area contributed by atoms with E-state index in [-0.39, 0.29) is 22.6 Å². The number of nitrogens with one attached hydrogen (secondary N) is 1. The van der Waals surface area contributed by atoms with Crippen LogP contribution in [-0.4, -0.2) is 26.9 Å². The number of nitrogens with zero attached hydrogens (tertiary/aromatic N) is 3. The highest BCUT2D eigenvalue weighted by Gasteiger charge is 2.35. The van der Waals surface area contributed by atoms with E-state index in [1.54, 1.807) is 25.1 Å². The van der Waals surface area contributed by atoms with Crippen molar-refractivity contribution in [3.63, 3.8) is 0 Å². The average Bonchev–Trinajstić information content (AvgIpc) is 3.11. The van der Waals surface area contributed by atoms with Crippen LogP contribution in [0.25, 0.3) is 11.5 Å². The van der Waals surface area contributed by atoms with Crippen LogP contribution < -0.4 is 5.32 Å². The molecule has 1 saturated carbocycles. The van der Waals surface area contributed by atoms with Gasteiger partial charge in [0.15, 0.2) is 0 Å². The maximum absolute atomic E-state index is 13.8. The molecule has 1 heterocycles. The first-order valence-corrected chi connectivity index (χ1v) is 9.39. The summed E-state index contributed by atoms with van der Waals surface area (Å²) in [6.45, 7) is 1.71. The number of thioether (sulfide) groups is 1. The monoisotopic (exact) mass is 374 g/mol. The summed E-state index contributed by atoms with van der Waals surface area (Å²) in [6.07, 6.45) is 4.30. The molecule has 0 bridgehead atoms. The van der Waals surface area contributed by atoms with E-state index in [1.165, 1.54) is 6.07 Å². The van der Waals surface area contributed by atoms with Crippen molar-refractivity contribution >= 4 is 17.7 Å². The van der Waals surface area contributed by atoms with Crippen molar-refractivity contribution in [3.05, 3.63) is 30.1 Å². The SMILES string of the molecule is C[C@H](Sc1nnc(-c2ccccc2F)o1)C(=O)NC1(C#N)CCCCC1. The van der Waals surface area contributed by atoms with Gasteiger partial charge in [0.1, 0.15) is 11.4 Å². The fourth-order valence-electron chi connectivity index (χ4n) is 2.96. The third-order valence-corrected chi connectivity index (χ3v) is 5.38. The van der Waals surface area contributed by atoms with E-state index >= 15 is 0 Å². The van der Waals surface area contributed by atoms with Crippen molar-refractivity contribution in [1.29, 1.82) is 5.26 Å². The van der Waals surface area contributed by atoms with E-state index in [4.69, 9.17) is 4.42 Å². The molecule has 2 aromatic rings. The first kappa shape index (κ1) is 18.4. The molecule has 136 valence electrons. The summed E-state index contributed by atoms with van der Waals surface area (Å²) in [5.41, 5.74) is -0.563. The summed E-state index contributed by atoms with van der Waals surface area (Å²) in [5, 5.41) is 19.7. The Labute approximate surface area is 155 Å². The van der Waals surface area contributed by atoms with E-state index < -0.39 is 16.6 Å². The zero-order chi connectivity index (χ0) is 18.6. The van der Waals surface area contributed by atoms with Gasteiger partial charge in [0.2, 0.25) is 5.91 Å². The van der Waals surface area contributed by atoms with Gasteiger partial charge in [0, 0.05) is 0 Å². The van der Waals surface area contributed by atoms with Gasteiger partial charge in [-0.2, -0.15) is 5.26 Å². The number of hydrogen-bond donors (Lipinski definition) is 1. The van der Waals surface area contributed by atoms with Crippen LogP contribution in [-0.2, 0) is 4.79 Å². The Hall–Kier alpha value is -2.40. The van der Waals surface area contributed by atoms with Gasteiger partial charge in [0.25, 0.3) is 11.1 Å². The standard InChI is InChI=1S/C18H19FN4O2S/c1-12(15(24)21-18(11-20)9-5-2-6-10-18)26-17-23-22-16(25-17)13-7-3-4-8-14(13)19/h3-4,7-8,12H,2,5-6,9-10H2,1H3,(H,21,24)/t12-/m0/s1. The van der Waals surface area contributed by atoms with Crippen molar-refractivity contribution in [2.75, 3.05) is 0 Å². The van der Waals surface area contributed by atoms with Crippen molar-refractivity contribution in [2.24, 2.45) is 0 Å². The molecular weight excluding hydrogens is 355 g/mol. The molecule has 6 nitrogen and oxygen atoms in total. The molecule has 1 aromatic heterocycles. The molecule has 8 heteroatoms. The second-order valence-corrected chi connectivity index (χ2v) is 7.65. The normalized spacial score (nSPS) is 17.3. The summed E-state index contributed by atoms with van der Waals surface area (Å²) >= 11 is 1.09. The number of halogens is 1. The third-order valence-electron chi connectivity index (χ3n) is 4.44. The fourth-order valence-corrected chi connectivity index (χ4v) is 3.65. The van der Waals surface area contributed by atoms with Gasteiger partial charge in [-0.25, -0.2) is 4.39 Å². The molecule has 1 atom stereocenters. The van der Waals surface area contributed by atoms with Crippen LogP contribution in [0.1, 0.15) is 39.0 Å². The maximum Gasteiger partial charge on any atom is 0.277 e. The first-order valence-electron chi connectivity index (χ1n) is 8.51. The van der Waals surface area contributed by atoms with Crippen molar-refractivity contribution < 1.29 is 13.6 Å². The van der Waals surface area contributed by atoms with Gasteiger partial charge < -0.3 is 9.73 Å². The number of carbonyl (C=O) groups is 1. The van der Waals surface area contributed by atoms with Gasteiger partial charge in [-0.1, -0.05) is 43.2 Å². The zero-order valence-electron chi connectivity index (χ0n) is 14.4. The van der Waals surface area contributed by atoms with Gasteiger partial charge in [-0.05, 0) is 31.9 Å². The number of nitriles is 1. The zero-order valence-corrected chi connectivity index (χ0v) is 15.2. The maximum atomic E-state index is 13.8. The summed E-state index contributed by atoms with van der Waals surface area (Å²) in [7, 11) is 0. The van der Waals surface area contributed by atoms with E-state index in [0.29, 0.717) is 12.8 Å². The molecule has 0 radical (unpaired) electrons. The van der Waals surface area contributed by atoms with E-state index in [0.717, 1.165) is 31.0 Å². The lowest BCUT2D eigenvalue weighted by molar-refractivity contribution is -0.122. The van der Waals surface area contributed by atoms with Crippen LogP contribution in [0.5, 0.6) is 0 Å². The molecule has 3 rings (SSSR count). The second-order valence-electron chi connectivity index (χ2n) is 6.36. The largest absolute Gasteiger partial charge is 0.411 e. The molecule has 1 aliphatic carbocycles. The summed E-state index contributed by atoms with van der Waals surface area (Å²) in [5.74, 6) is -0.630. The minimum absolute atomic E-state index is 0.0685. The molecule has 0 saturated heterocycles. The van der Waals surface area contributed by atoms with E-state index in [1.807, 2.05) is 0 Å². The van der Waals surface area contributed by atoms with Crippen molar-refractivity contribution in [1.82, 2.24) is 15.5 Å². The summed E-state index contributed by atoms with van der Waals surface area (Å²) < 4.78 is 19.3. The number of rotatable bonds is 5. The Bertz CT molecular complexity index is 827. The fraction of sp³-hybridized carbons (Fsp3) is 0.444. The number of benzene rings is 1. The second kappa shape index (κ2) is 7.87. The Morgan fingerprint density at radius 3 is 2.77 bits per heavy atom. The van der Waals surface area contributed by atoms with Gasteiger partial charge in [-0.3, -0.25) is 4.79 Å². The summed E-state index contributed by atoms with van der Waals surface area (Å²) in [4.78, 5) is 12.5. The number of hydrogen-bond acceptors (Lipinski definition) is 6. The highest BCUT2D eigenvalue weighted by molar-refractivity contribution is 8.00. The van der Waals surface area contributed by atoms with Crippen LogP contribution in [0.3, 0.4) is 0 Å². The molecule has 1 N–H and O–H groups in total. The lowest BCUT2D eigenvalue weighted by Crippen LogP contribution is -2.50. The molecule has 1 aromatic carbocycles. The Morgan fingerprint density at radius 1 is 1.35 bits per heavy atom. The van der Waals surface area contributed by atoms with Crippen LogP contribution in [0.2, 0.25) is 0 Å². The topological polar surface area (TPSA) is 91.8 Å². The average molecular weight is 374 g/mol. The van der Waals surface area contributed by atoms with Crippen LogP contribution in [0.15, 0.2) is 33.9 Å². The number of carbonyl (C=O) groups excluding carboxylic acids is 1. The molecular formula is C18H19FN4O2S. The first-order chi connectivity index (χ1) is 12.5. The number of aromatic nitrogens is 2. The molecule has 1 aliphatic rings. The summed E-state index contributed by atoms with van der Waals surface area (Å²) in [6, 6.07) is 8.38. The van der Waals surface area contributed by atoms with Crippen molar-refractivity contribution in [2.45, 2.75) is 55.0 Å². The minimum Gasteiger partial charge on any atom is -0.411 e. The third kappa shape index (κ3) is 4.05. The van der Waals surface area contributed by atoms with Crippen LogP contribution >= 0.6 is 11.8 Å². The van der Waals surface area contributed by atoms with E-state index in [2.05, 4.69) is 21.6 Å². The van der Waals surface area contributed by atoms with Gasteiger partial charge in [0.05, 0.1) is 16.9 Å². The predicted octanol–water partition coefficient (Wildman–Crippen LogP) is 3.70. The molecule has 26 heavy (non-hydrogen) atoms. The Kier molecular flexibility index (Phi) is 5.57. The highest BCUT2D eigenvalue weighted by atomic mass is 32.2. The van der Waals surface area contributed by atoms with E-state index in [9.17, 15) is 14.4 Å². The van der Waals surface area contributed by atoms with Gasteiger partial charge >= 0.3 is 0 Å². The van der Waals surface area contributed by atoms with Gasteiger partial charge in [-0.15, -0.1) is 10.2 Å². The molecule has 0 unspecified atom stereocenters. The molecule has 1 fully saturated rings.